The zero-order chi connectivity index (χ0) is 12.5. The minimum atomic E-state index is -0.885. The Morgan fingerprint density at radius 1 is 1.41 bits per heavy atom. The van der Waals surface area contributed by atoms with Crippen LogP contribution in [-0.4, -0.2) is 23.5 Å². The van der Waals surface area contributed by atoms with E-state index in [-0.39, 0.29) is 18.7 Å². The van der Waals surface area contributed by atoms with Crippen LogP contribution in [0, 0.1) is 0 Å². The molecule has 1 heterocycles. The fraction of sp³-hybridized carbons (Fsp3) is 0.333. The molecule has 1 aromatic rings. The van der Waals surface area contributed by atoms with Crippen molar-refractivity contribution in [1.82, 2.24) is 5.32 Å². The Bertz CT molecular complexity index is 457. The molecule has 4 nitrogen and oxygen atoms in total. The van der Waals surface area contributed by atoms with Crippen LogP contribution in [0.15, 0.2) is 28.7 Å². The highest BCUT2D eigenvalue weighted by Crippen LogP contribution is 2.35. The van der Waals surface area contributed by atoms with Gasteiger partial charge in [-0.15, -0.1) is 0 Å². The quantitative estimate of drug-likeness (QED) is 0.892. The molecule has 17 heavy (non-hydrogen) atoms. The van der Waals surface area contributed by atoms with Gasteiger partial charge in [0.1, 0.15) is 0 Å². The van der Waals surface area contributed by atoms with Crippen molar-refractivity contribution in [3.8, 4) is 0 Å². The smallest absolute Gasteiger partial charge is 0.304 e. The first-order chi connectivity index (χ1) is 8.02. The highest BCUT2D eigenvalue weighted by Gasteiger charge is 2.41. The highest BCUT2D eigenvalue weighted by atomic mass is 79.9. The van der Waals surface area contributed by atoms with Crippen LogP contribution in [0.3, 0.4) is 0 Å². The van der Waals surface area contributed by atoms with Gasteiger partial charge in [0.05, 0.1) is 6.42 Å². The first kappa shape index (κ1) is 12.1. The summed E-state index contributed by atoms with van der Waals surface area (Å²) in [6.45, 7) is 0.389. The summed E-state index contributed by atoms with van der Waals surface area (Å²) in [7, 11) is 0. The Morgan fingerprint density at radius 3 is 2.53 bits per heavy atom. The summed E-state index contributed by atoms with van der Waals surface area (Å²) in [6.07, 6.45) is 0.203. The van der Waals surface area contributed by atoms with Gasteiger partial charge in [-0.1, -0.05) is 28.1 Å². The van der Waals surface area contributed by atoms with E-state index in [1.165, 1.54) is 0 Å². The van der Waals surface area contributed by atoms with Gasteiger partial charge in [0, 0.05) is 22.9 Å². The molecule has 1 unspecified atom stereocenters. The molecule has 1 fully saturated rings. The second kappa shape index (κ2) is 4.49. The SMILES string of the molecule is O=C(O)CC1(c2ccc(Br)cc2)CNC(=O)C1. The summed E-state index contributed by atoms with van der Waals surface area (Å²) in [4.78, 5) is 22.3. The lowest BCUT2D eigenvalue weighted by Crippen LogP contribution is -2.31. The number of carboxylic acid groups (broad SMARTS) is 1. The van der Waals surface area contributed by atoms with Crippen molar-refractivity contribution < 1.29 is 14.7 Å². The predicted molar refractivity (Wildman–Crippen MR) is 65.7 cm³/mol. The number of carboxylic acids is 1. The molecule has 1 saturated heterocycles. The number of halogens is 1. The number of rotatable bonds is 3. The van der Waals surface area contributed by atoms with Crippen molar-refractivity contribution >= 4 is 27.8 Å². The Morgan fingerprint density at radius 2 is 2.06 bits per heavy atom. The fourth-order valence-electron chi connectivity index (χ4n) is 2.22. The predicted octanol–water partition coefficient (Wildman–Crippen LogP) is 1.68. The lowest BCUT2D eigenvalue weighted by atomic mass is 9.77. The molecular formula is C12H12BrNO3. The van der Waals surface area contributed by atoms with Crippen LogP contribution >= 0.6 is 15.9 Å². The third-order valence-corrected chi connectivity index (χ3v) is 3.60. The molecule has 1 aliphatic heterocycles. The summed E-state index contributed by atoms with van der Waals surface area (Å²) in [5.41, 5.74) is 0.283. The van der Waals surface area contributed by atoms with E-state index in [1.54, 1.807) is 0 Å². The Labute approximate surface area is 107 Å². The van der Waals surface area contributed by atoms with Crippen molar-refractivity contribution in [3.63, 3.8) is 0 Å². The van der Waals surface area contributed by atoms with E-state index in [4.69, 9.17) is 5.11 Å². The molecule has 0 aromatic heterocycles. The lowest BCUT2D eigenvalue weighted by molar-refractivity contribution is -0.138. The fourth-order valence-corrected chi connectivity index (χ4v) is 2.49. The lowest BCUT2D eigenvalue weighted by Gasteiger charge is -2.25. The van der Waals surface area contributed by atoms with Gasteiger partial charge < -0.3 is 10.4 Å². The molecular weight excluding hydrogens is 286 g/mol. The minimum Gasteiger partial charge on any atom is -0.481 e. The van der Waals surface area contributed by atoms with Gasteiger partial charge >= 0.3 is 5.97 Å². The number of hydrogen-bond donors (Lipinski definition) is 2. The molecule has 1 amide bonds. The van der Waals surface area contributed by atoms with Crippen LogP contribution in [0.1, 0.15) is 18.4 Å². The normalized spacial score (nSPS) is 23.5. The molecule has 5 heteroatoms. The summed E-state index contributed by atoms with van der Waals surface area (Å²) >= 11 is 3.34. The van der Waals surface area contributed by atoms with Gasteiger partial charge in [0.15, 0.2) is 0 Å². The van der Waals surface area contributed by atoms with Crippen molar-refractivity contribution in [3.05, 3.63) is 34.3 Å². The van der Waals surface area contributed by atoms with Crippen LogP contribution in [0.25, 0.3) is 0 Å². The minimum absolute atomic E-state index is 0.0344. The average molecular weight is 298 g/mol. The van der Waals surface area contributed by atoms with Crippen LogP contribution in [-0.2, 0) is 15.0 Å². The summed E-state index contributed by atoms with van der Waals surface area (Å²) in [5.74, 6) is -0.974. The summed E-state index contributed by atoms with van der Waals surface area (Å²) in [6, 6.07) is 7.46. The number of amides is 1. The van der Waals surface area contributed by atoms with E-state index in [0.29, 0.717) is 6.54 Å². The first-order valence-corrected chi connectivity index (χ1v) is 6.06. The highest BCUT2D eigenvalue weighted by molar-refractivity contribution is 9.10. The van der Waals surface area contributed by atoms with Crippen molar-refractivity contribution in [2.45, 2.75) is 18.3 Å². The molecule has 0 spiro atoms. The van der Waals surface area contributed by atoms with Crippen LogP contribution in [0.4, 0.5) is 0 Å². The second-order valence-corrected chi connectivity index (χ2v) is 5.23. The zero-order valence-electron chi connectivity index (χ0n) is 9.07. The van der Waals surface area contributed by atoms with Gasteiger partial charge in [0.25, 0.3) is 0 Å². The van der Waals surface area contributed by atoms with Crippen LogP contribution < -0.4 is 5.32 Å². The number of carbonyl (C=O) groups excluding carboxylic acids is 1. The Kier molecular flexibility index (Phi) is 3.19. The van der Waals surface area contributed by atoms with Crippen molar-refractivity contribution in [2.24, 2.45) is 0 Å². The molecule has 2 rings (SSSR count). The molecule has 0 bridgehead atoms. The third-order valence-electron chi connectivity index (χ3n) is 3.07. The van der Waals surface area contributed by atoms with Crippen molar-refractivity contribution in [2.75, 3.05) is 6.54 Å². The first-order valence-electron chi connectivity index (χ1n) is 5.26. The molecule has 0 aliphatic carbocycles. The molecule has 0 saturated carbocycles. The number of carbonyl (C=O) groups is 2. The topological polar surface area (TPSA) is 66.4 Å². The average Bonchev–Trinajstić information content (AvgIpc) is 2.61. The molecule has 90 valence electrons. The largest absolute Gasteiger partial charge is 0.481 e. The second-order valence-electron chi connectivity index (χ2n) is 4.31. The van der Waals surface area contributed by atoms with Crippen LogP contribution in [0.2, 0.25) is 0 Å². The number of nitrogens with one attached hydrogen (secondary N) is 1. The standard InChI is InChI=1S/C12H12BrNO3/c13-9-3-1-8(2-4-9)12(6-11(16)17)5-10(15)14-7-12/h1-4H,5-7H2,(H,14,15)(H,16,17). The van der Waals surface area contributed by atoms with Gasteiger partial charge in [-0.2, -0.15) is 0 Å². The number of benzene rings is 1. The van der Waals surface area contributed by atoms with E-state index < -0.39 is 11.4 Å². The maximum atomic E-state index is 11.4. The van der Waals surface area contributed by atoms with Crippen LogP contribution in [0.5, 0.6) is 0 Å². The maximum Gasteiger partial charge on any atom is 0.304 e. The Balaban J connectivity index is 2.36. The van der Waals surface area contributed by atoms with E-state index in [2.05, 4.69) is 21.2 Å². The molecule has 1 atom stereocenters. The van der Waals surface area contributed by atoms with Gasteiger partial charge in [0.2, 0.25) is 5.91 Å². The van der Waals surface area contributed by atoms with E-state index >= 15 is 0 Å². The zero-order valence-corrected chi connectivity index (χ0v) is 10.7. The number of aliphatic carboxylic acids is 1. The van der Waals surface area contributed by atoms with E-state index in [0.717, 1.165) is 10.0 Å². The van der Waals surface area contributed by atoms with Gasteiger partial charge in [-0.3, -0.25) is 9.59 Å². The third kappa shape index (κ3) is 2.49. The summed E-state index contributed by atoms with van der Waals surface area (Å²) in [5, 5.41) is 11.7. The Hall–Kier alpha value is -1.36. The summed E-state index contributed by atoms with van der Waals surface area (Å²) < 4.78 is 0.934. The molecule has 0 radical (unpaired) electrons. The van der Waals surface area contributed by atoms with Gasteiger partial charge in [-0.25, -0.2) is 0 Å². The molecule has 1 aliphatic rings. The molecule has 2 N–H and O–H groups in total. The van der Waals surface area contributed by atoms with Gasteiger partial charge in [-0.05, 0) is 17.7 Å². The maximum absolute atomic E-state index is 11.4. The number of hydrogen-bond acceptors (Lipinski definition) is 2. The van der Waals surface area contributed by atoms with Crippen molar-refractivity contribution in [1.29, 1.82) is 0 Å². The van der Waals surface area contributed by atoms with E-state index in [9.17, 15) is 9.59 Å². The monoisotopic (exact) mass is 297 g/mol. The molecule has 1 aromatic carbocycles. The van der Waals surface area contributed by atoms with E-state index in [1.807, 2.05) is 24.3 Å².